The molecule has 15 heavy (non-hydrogen) atoms. The van der Waals surface area contributed by atoms with Crippen LogP contribution in [0.4, 0.5) is 0 Å². The summed E-state index contributed by atoms with van der Waals surface area (Å²) in [6, 6.07) is 0. The fourth-order valence-electron chi connectivity index (χ4n) is 1.95. The summed E-state index contributed by atoms with van der Waals surface area (Å²) >= 11 is 3.34. The van der Waals surface area contributed by atoms with Crippen molar-refractivity contribution in [1.82, 2.24) is 4.72 Å². The minimum atomic E-state index is -3.11. The van der Waals surface area contributed by atoms with Crippen LogP contribution in [0.15, 0.2) is 0 Å². The van der Waals surface area contributed by atoms with Crippen molar-refractivity contribution in [3.8, 4) is 0 Å². The van der Waals surface area contributed by atoms with Crippen LogP contribution < -0.4 is 4.72 Å². The van der Waals surface area contributed by atoms with Gasteiger partial charge in [0.05, 0.1) is 5.25 Å². The van der Waals surface area contributed by atoms with Gasteiger partial charge in [0.2, 0.25) is 10.0 Å². The second kappa shape index (κ2) is 5.15. The lowest BCUT2D eigenvalue weighted by Crippen LogP contribution is -2.47. The van der Waals surface area contributed by atoms with E-state index in [9.17, 15) is 8.42 Å². The number of alkyl halides is 1. The Hall–Kier alpha value is 0.390. The molecule has 0 unspecified atom stereocenters. The van der Waals surface area contributed by atoms with Crippen LogP contribution in [-0.4, -0.2) is 24.5 Å². The Morgan fingerprint density at radius 1 is 1.33 bits per heavy atom. The first kappa shape index (κ1) is 13.5. The minimum absolute atomic E-state index is 0.160. The molecule has 1 fully saturated rings. The first-order valence-corrected chi connectivity index (χ1v) is 8.13. The third kappa shape index (κ3) is 4.04. The number of halogens is 1. The van der Waals surface area contributed by atoms with Crippen molar-refractivity contribution in [2.45, 2.75) is 56.7 Å². The molecule has 1 aliphatic carbocycles. The van der Waals surface area contributed by atoms with Gasteiger partial charge in [-0.3, -0.25) is 0 Å². The molecule has 5 heteroatoms. The summed E-state index contributed by atoms with van der Waals surface area (Å²) in [6.45, 7) is 3.86. The zero-order valence-corrected chi connectivity index (χ0v) is 11.8. The van der Waals surface area contributed by atoms with Gasteiger partial charge in [-0.1, -0.05) is 28.8 Å². The van der Waals surface area contributed by atoms with E-state index in [0.717, 1.165) is 37.4 Å². The zero-order chi connectivity index (χ0) is 11.5. The van der Waals surface area contributed by atoms with Gasteiger partial charge in [-0.2, -0.15) is 0 Å². The Kier molecular flexibility index (Phi) is 4.62. The highest BCUT2D eigenvalue weighted by Gasteiger charge is 2.32. The second-order valence-electron chi connectivity index (χ2n) is 4.88. The Bertz CT molecular complexity index is 295. The molecule has 0 aliphatic heterocycles. The van der Waals surface area contributed by atoms with Crippen molar-refractivity contribution < 1.29 is 8.42 Å². The van der Waals surface area contributed by atoms with Crippen LogP contribution in [0.5, 0.6) is 0 Å². The van der Waals surface area contributed by atoms with Gasteiger partial charge in [0.25, 0.3) is 0 Å². The first-order valence-electron chi connectivity index (χ1n) is 5.46. The topological polar surface area (TPSA) is 46.2 Å². The van der Waals surface area contributed by atoms with Crippen LogP contribution in [0.1, 0.15) is 46.0 Å². The fraction of sp³-hybridized carbons (Fsp3) is 1.00. The monoisotopic (exact) mass is 297 g/mol. The van der Waals surface area contributed by atoms with E-state index >= 15 is 0 Å². The summed E-state index contributed by atoms with van der Waals surface area (Å²) in [7, 11) is -3.11. The predicted octanol–water partition coefficient (Wildman–Crippen LogP) is 2.41. The minimum Gasteiger partial charge on any atom is -0.212 e. The van der Waals surface area contributed by atoms with E-state index in [1.165, 1.54) is 0 Å². The Balaban J connectivity index is 2.62. The summed E-state index contributed by atoms with van der Waals surface area (Å²) in [5.74, 6) is 0. The average Bonchev–Trinajstić information content (AvgIpc) is 2.52. The average molecular weight is 298 g/mol. The van der Waals surface area contributed by atoms with Crippen LogP contribution in [0.2, 0.25) is 0 Å². The predicted molar refractivity (Wildman–Crippen MR) is 66.8 cm³/mol. The van der Waals surface area contributed by atoms with Crippen molar-refractivity contribution in [1.29, 1.82) is 0 Å². The quantitative estimate of drug-likeness (QED) is 0.792. The molecule has 0 radical (unpaired) electrons. The maximum atomic E-state index is 12.0. The molecule has 0 heterocycles. The van der Waals surface area contributed by atoms with Gasteiger partial charge in [0, 0.05) is 10.9 Å². The van der Waals surface area contributed by atoms with Crippen molar-refractivity contribution in [3.05, 3.63) is 0 Å². The largest absolute Gasteiger partial charge is 0.214 e. The number of nitrogens with one attached hydrogen (secondary N) is 1. The third-order valence-corrected chi connectivity index (χ3v) is 5.46. The summed E-state index contributed by atoms with van der Waals surface area (Å²) in [5, 5.41) is 0.653. The molecular formula is C10H20BrNO2S. The fourth-order valence-corrected chi connectivity index (χ4v) is 4.94. The molecule has 90 valence electrons. The summed E-state index contributed by atoms with van der Waals surface area (Å²) in [5.41, 5.74) is -0.342. The second-order valence-corrected chi connectivity index (χ2v) is 7.63. The van der Waals surface area contributed by atoms with Crippen molar-refractivity contribution in [3.63, 3.8) is 0 Å². The molecule has 1 rings (SSSR count). The van der Waals surface area contributed by atoms with Gasteiger partial charge in [-0.25, -0.2) is 13.1 Å². The van der Waals surface area contributed by atoms with Crippen LogP contribution in [0, 0.1) is 0 Å². The third-order valence-electron chi connectivity index (χ3n) is 2.88. The molecular weight excluding hydrogens is 278 g/mol. The molecule has 0 amide bonds. The molecule has 0 aromatic rings. The van der Waals surface area contributed by atoms with Crippen molar-refractivity contribution >= 4 is 26.0 Å². The van der Waals surface area contributed by atoms with Crippen molar-refractivity contribution in [2.75, 3.05) is 5.33 Å². The number of hydrogen-bond donors (Lipinski definition) is 1. The van der Waals surface area contributed by atoms with Gasteiger partial charge in [-0.15, -0.1) is 0 Å². The number of sulfonamides is 1. The van der Waals surface area contributed by atoms with E-state index in [1.807, 2.05) is 13.8 Å². The molecule has 0 spiro atoms. The number of hydrogen-bond acceptors (Lipinski definition) is 2. The zero-order valence-electron chi connectivity index (χ0n) is 9.42. The van der Waals surface area contributed by atoms with E-state index in [1.54, 1.807) is 0 Å². The smallest absolute Gasteiger partial charge is 0.212 e. The molecule has 1 N–H and O–H groups in total. The molecule has 0 bridgehead atoms. The Morgan fingerprint density at radius 3 is 2.33 bits per heavy atom. The standard InChI is InChI=1S/C10H20BrNO2S/c1-10(2,7-8-11)12-15(13,14)9-5-3-4-6-9/h9,12H,3-8H2,1-2H3. The molecule has 0 atom stereocenters. The van der Waals surface area contributed by atoms with Crippen LogP contribution in [-0.2, 0) is 10.0 Å². The number of rotatable bonds is 5. The van der Waals surface area contributed by atoms with Gasteiger partial charge >= 0.3 is 0 Å². The molecule has 1 saturated carbocycles. The van der Waals surface area contributed by atoms with E-state index in [0.29, 0.717) is 0 Å². The first-order chi connectivity index (χ1) is 6.87. The van der Waals surface area contributed by atoms with Gasteiger partial charge in [-0.05, 0) is 33.1 Å². The van der Waals surface area contributed by atoms with Gasteiger partial charge in [0.1, 0.15) is 0 Å². The Morgan fingerprint density at radius 2 is 1.87 bits per heavy atom. The Labute approximate surface area is 101 Å². The van der Waals surface area contributed by atoms with Crippen LogP contribution in [0.3, 0.4) is 0 Å². The molecule has 0 aromatic heterocycles. The summed E-state index contributed by atoms with van der Waals surface area (Å²) in [6.07, 6.45) is 4.54. The van der Waals surface area contributed by atoms with Crippen LogP contribution in [0.25, 0.3) is 0 Å². The van der Waals surface area contributed by atoms with Crippen LogP contribution >= 0.6 is 15.9 Å². The molecule has 0 saturated heterocycles. The molecule has 1 aliphatic rings. The maximum absolute atomic E-state index is 12.0. The molecule has 3 nitrogen and oxygen atoms in total. The normalized spacial score (nSPS) is 19.7. The molecule has 0 aromatic carbocycles. The SMILES string of the molecule is CC(C)(CCBr)NS(=O)(=O)C1CCCC1. The highest BCUT2D eigenvalue weighted by atomic mass is 79.9. The van der Waals surface area contributed by atoms with E-state index in [-0.39, 0.29) is 10.8 Å². The lowest BCUT2D eigenvalue weighted by atomic mass is 10.0. The summed E-state index contributed by atoms with van der Waals surface area (Å²) < 4.78 is 26.8. The highest BCUT2D eigenvalue weighted by Crippen LogP contribution is 2.25. The maximum Gasteiger partial charge on any atom is 0.214 e. The lowest BCUT2D eigenvalue weighted by molar-refractivity contribution is 0.439. The highest BCUT2D eigenvalue weighted by molar-refractivity contribution is 9.09. The van der Waals surface area contributed by atoms with E-state index < -0.39 is 10.0 Å². The van der Waals surface area contributed by atoms with E-state index in [2.05, 4.69) is 20.7 Å². The van der Waals surface area contributed by atoms with Gasteiger partial charge < -0.3 is 0 Å². The lowest BCUT2D eigenvalue weighted by Gasteiger charge is -2.27. The summed E-state index contributed by atoms with van der Waals surface area (Å²) in [4.78, 5) is 0. The van der Waals surface area contributed by atoms with Crippen molar-refractivity contribution in [2.24, 2.45) is 0 Å². The van der Waals surface area contributed by atoms with E-state index in [4.69, 9.17) is 0 Å². The van der Waals surface area contributed by atoms with Gasteiger partial charge in [0.15, 0.2) is 0 Å².